The van der Waals surface area contributed by atoms with Gasteiger partial charge in [0.25, 0.3) is 0 Å². The topological polar surface area (TPSA) is 46.9 Å². The summed E-state index contributed by atoms with van der Waals surface area (Å²) in [6.45, 7) is 7.85. The summed E-state index contributed by atoms with van der Waals surface area (Å²) in [5.74, 6) is 0. The van der Waals surface area contributed by atoms with Crippen molar-refractivity contribution in [3.8, 4) is 0 Å². The van der Waals surface area contributed by atoms with Crippen LogP contribution in [0, 0.1) is 0 Å². The minimum Gasteiger partial charge on any atom is -0.307 e. The molecule has 0 radical (unpaired) electrons. The maximum atomic E-state index is 10.8. The van der Waals surface area contributed by atoms with Gasteiger partial charge in [-0.15, -0.1) is 0 Å². The van der Waals surface area contributed by atoms with E-state index in [1.54, 1.807) is 0 Å². The zero-order chi connectivity index (χ0) is 10.3. The SMILES string of the molecule is CC(C)(C)n1nc(C=O)c2c1CNC2. The lowest BCUT2D eigenvalue weighted by atomic mass is 10.1. The highest BCUT2D eigenvalue weighted by Gasteiger charge is 2.26. The molecule has 0 unspecified atom stereocenters. The van der Waals surface area contributed by atoms with E-state index < -0.39 is 0 Å². The largest absolute Gasteiger partial charge is 0.307 e. The van der Waals surface area contributed by atoms with Crippen LogP contribution in [0.1, 0.15) is 42.5 Å². The molecular weight excluding hydrogens is 178 g/mol. The Hall–Kier alpha value is -1.16. The Balaban J connectivity index is 2.58. The van der Waals surface area contributed by atoms with Crippen LogP contribution in [-0.2, 0) is 18.6 Å². The van der Waals surface area contributed by atoms with E-state index in [9.17, 15) is 4.79 Å². The molecule has 4 heteroatoms. The van der Waals surface area contributed by atoms with E-state index >= 15 is 0 Å². The number of nitrogens with one attached hydrogen (secondary N) is 1. The van der Waals surface area contributed by atoms with Gasteiger partial charge in [-0.05, 0) is 20.8 Å². The van der Waals surface area contributed by atoms with Crippen molar-refractivity contribution in [1.82, 2.24) is 15.1 Å². The molecule has 0 amide bonds. The first-order chi connectivity index (χ1) is 6.54. The maximum absolute atomic E-state index is 10.8. The van der Waals surface area contributed by atoms with E-state index in [4.69, 9.17) is 0 Å². The summed E-state index contributed by atoms with van der Waals surface area (Å²) in [5.41, 5.74) is 2.74. The molecule has 76 valence electrons. The molecule has 1 aromatic rings. The fraction of sp³-hybridized carbons (Fsp3) is 0.600. The lowest BCUT2D eigenvalue weighted by Crippen LogP contribution is -2.26. The molecule has 0 fully saturated rings. The van der Waals surface area contributed by atoms with Gasteiger partial charge in [-0.1, -0.05) is 0 Å². The Morgan fingerprint density at radius 2 is 2.14 bits per heavy atom. The monoisotopic (exact) mass is 193 g/mol. The van der Waals surface area contributed by atoms with E-state index in [-0.39, 0.29) is 5.54 Å². The molecule has 0 atom stereocenters. The number of carbonyl (C=O) groups excluding carboxylic acids is 1. The van der Waals surface area contributed by atoms with Gasteiger partial charge in [0.1, 0.15) is 5.69 Å². The Kier molecular flexibility index (Phi) is 1.96. The van der Waals surface area contributed by atoms with E-state index in [1.165, 1.54) is 0 Å². The predicted molar refractivity (Wildman–Crippen MR) is 53.2 cm³/mol. The number of aromatic nitrogens is 2. The summed E-state index contributed by atoms with van der Waals surface area (Å²) >= 11 is 0. The van der Waals surface area contributed by atoms with Crippen molar-refractivity contribution in [2.24, 2.45) is 0 Å². The van der Waals surface area contributed by atoms with Gasteiger partial charge in [-0.3, -0.25) is 9.48 Å². The molecule has 1 N–H and O–H groups in total. The maximum Gasteiger partial charge on any atom is 0.170 e. The quantitative estimate of drug-likeness (QED) is 0.678. The van der Waals surface area contributed by atoms with Gasteiger partial charge in [-0.2, -0.15) is 5.10 Å². The van der Waals surface area contributed by atoms with Gasteiger partial charge in [-0.25, -0.2) is 0 Å². The fourth-order valence-corrected chi connectivity index (χ4v) is 1.83. The number of rotatable bonds is 1. The van der Waals surface area contributed by atoms with Gasteiger partial charge in [0, 0.05) is 18.7 Å². The van der Waals surface area contributed by atoms with E-state index in [1.807, 2.05) is 4.68 Å². The van der Waals surface area contributed by atoms with Crippen LogP contribution < -0.4 is 5.32 Å². The fourth-order valence-electron chi connectivity index (χ4n) is 1.83. The lowest BCUT2D eigenvalue weighted by Gasteiger charge is -2.21. The zero-order valence-electron chi connectivity index (χ0n) is 8.79. The second-order valence-electron chi connectivity index (χ2n) is 4.61. The normalized spacial score (nSPS) is 15.6. The summed E-state index contributed by atoms with van der Waals surface area (Å²) in [7, 11) is 0. The third kappa shape index (κ3) is 1.26. The van der Waals surface area contributed by atoms with E-state index in [0.29, 0.717) is 5.69 Å². The third-order valence-corrected chi connectivity index (χ3v) is 2.46. The highest BCUT2D eigenvalue weighted by molar-refractivity contribution is 5.75. The molecule has 0 saturated carbocycles. The molecular formula is C10H15N3O. The summed E-state index contributed by atoms with van der Waals surface area (Å²) < 4.78 is 1.95. The molecule has 1 aliphatic heterocycles. The van der Waals surface area contributed by atoms with Crippen molar-refractivity contribution >= 4 is 6.29 Å². The molecule has 14 heavy (non-hydrogen) atoms. The standard InChI is InChI=1S/C10H15N3O/c1-10(2,3)13-9-5-11-4-7(9)8(6-14)12-13/h6,11H,4-5H2,1-3H3. The van der Waals surface area contributed by atoms with Crippen LogP contribution in [-0.4, -0.2) is 16.1 Å². The molecule has 0 aliphatic carbocycles. The lowest BCUT2D eigenvalue weighted by molar-refractivity contribution is 0.111. The molecule has 4 nitrogen and oxygen atoms in total. The number of hydrogen-bond acceptors (Lipinski definition) is 3. The summed E-state index contributed by atoms with van der Waals surface area (Å²) in [5, 5.41) is 7.57. The van der Waals surface area contributed by atoms with Crippen LogP contribution in [0.3, 0.4) is 0 Å². The molecule has 2 heterocycles. The number of carbonyl (C=O) groups is 1. The van der Waals surface area contributed by atoms with Crippen LogP contribution in [0.2, 0.25) is 0 Å². The second-order valence-corrected chi connectivity index (χ2v) is 4.61. The highest BCUT2D eigenvalue weighted by Crippen LogP contribution is 2.24. The first kappa shape index (κ1) is 9.40. The van der Waals surface area contributed by atoms with Crippen LogP contribution >= 0.6 is 0 Å². The molecule has 0 saturated heterocycles. The van der Waals surface area contributed by atoms with Crippen molar-refractivity contribution < 1.29 is 4.79 Å². The molecule has 0 aromatic carbocycles. The number of aldehydes is 1. The molecule has 1 aliphatic rings. The summed E-state index contributed by atoms with van der Waals surface area (Å²) in [6.07, 6.45) is 0.841. The van der Waals surface area contributed by atoms with Crippen molar-refractivity contribution in [2.45, 2.75) is 39.4 Å². The van der Waals surface area contributed by atoms with Gasteiger partial charge in [0.2, 0.25) is 0 Å². The molecule has 0 spiro atoms. The smallest absolute Gasteiger partial charge is 0.170 e. The minimum atomic E-state index is -0.0582. The third-order valence-electron chi connectivity index (χ3n) is 2.46. The Morgan fingerprint density at radius 1 is 1.43 bits per heavy atom. The molecule has 0 bridgehead atoms. The van der Waals surface area contributed by atoms with Crippen LogP contribution in [0.5, 0.6) is 0 Å². The van der Waals surface area contributed by atoms with Gasteiger partial charge >= 0.3 is 0 Å². The number of fused-ring (bicyclic) bond motifs is 1. The van der Waals surface area contributed by atoms with E-state index in [2.05, 4.69) is 31.2 Å². The van der Waals surface area contributed by atoms with Gasteiger partial charge in [0.05, 0.1) is 11.2 Å². The van der Waals surface area contributed by atoms with Crippen molar-refractivity contribution in [3.05, 3.63) is 17.0 Å². The van der Waals surface area contributed by atoms with Gasteiger partial charge < -0.3 is 5.32 Å². The van der Waals surface area contributed by atoms with Crippen LogP contribution in [0.4, 0.5) is 0 Å². The van der Waals surface area contributed by atoms with E-state index in [0.717, 1.165) is 30.6 Å². The molecule has 2 rings (SSSR count). The Labute approximate surface area is 83.3 Å². The average molecular weight is 193 g/mol. The summed E-state index contributed by atoms with van der Waals surface area (Å²) in [6, 6.07) is 0. The predicted octanol–water partition coefficient (Wildman–Crippen LogP) is 1.05. The second kappa shape index (κ2) is 2.92. The van der Waals surface area contributed by atoms with Gasteiger partial charge in [0.15, 0.2) is 6.29 Å². The van der Waals surface area contributed by atoms with Crippen molar-refractivity contribution in [1.29, 1.82) is 0 Å². The average Bonchev–Trinajstić information content (AvgIpc) is 2.59. The van der Waals surface area contributed by atoms with Crippen molar-refractivity contribution in [2.75, 3.05) is 0 Å². The first-order valence-corrected chi connectivity index (χ1v) is 4.81. The number of nitrogens with zero attached hydrogens (tertiary/aromatic N) is 2. The van der Waals surface area contributed by atoms with Crippen molar-refractivity contribution in [3.63, 3.8) is 0 Å². The molecule has 1 aromatic heterocycles. The Morgan fingerprint density at radius 3 is 2.71 bits per heavy atom. The van der Waals surface area contributed by atoms with Crippen LogP contribution in [0.15, 0.2) is 0 Å². The first-order valence-electron chi connectivity index (χ1n) is 4.81. The zero-order valence-corrected chi connectivity index (χ0v) is 8.79. The highest BCUT2D eigenvalue weighted by atomic mass is 16.1. The van der Waals surface area contributed by atoms with Crippen LogP contribution in [0.25, 0.3) is 0 Å². The number of hydrogen-bond donors (Lipinski definition) is 1. The Bertz CT molecular complexity index is 373. The summed E-state index contributed by atoms with van der Waals surface area (Å²) in [4.78, 5) is 10.8. The minimum absolute atomic E-state index is 0.0582.